The molecule has 0 aliphatic heterocycles. The first-order valence-electron chi connectivity index (χ1n) is 11.2. The molecule has 0 saturated heterocycles. The van der Waals surface area contributed by atoms with Crippen molar-refractivity contribution in [1.29, 1.82) is 0 Å². The van der Waals surface area contributed by atoms with Crippen molar-refractivity contribution in [2.24, 2.45) is 0 Å². The van der Waals surface area contributed by atoms with Gasteiger partial charge in [0.15, 0.2) is 0 Å². The van der Waals surface area contributed by atoms with Crippen LogP contribution in [0.1, 0.15) is 28.4 Å². The Hall–Kier alpha value is -4.38. The number of anilines is 1. The highest BCUT2D eigenvalue weighted by Crippen LogP contribution is 2.30. The van der Waals surface area contributed by atoms with E-state index in [4.69, 9.17) is 4.74 Å². The van der Waals surface area contributed by atoms with Crippen LogP contribution in [-0.2, 0) is 4.79 Å². The number of aryl methyl sites for hydroxylation is 1. The van der Waals surface area contributed by atoms with Gasteiger partial charge >= 0.3 is 0 Å². The molecule has 170 valence electrons. The zero-order chi connectivity index (χ0) is 23.9. The van der Waals surface area contributed by atoms with E-state index in [0.29, 0.717) is 17.9 Å². The van der Waals surface area contributed by atoms with Crippen molar-refractivity contribution in [3.63, 3.8) is 0 Å². The summed E-state index contributed by atoms with van der Waals surface area (Å²) in [5.41, 5.74) is 3.08. The quantitative estimate of drug-likeness (QED) is 0.342. The first-order valence-corrected chi connectivity index (χ1v) is 11.2. The molecule has 4 rings (SSSR count). The molecule has 0 fully saturated rings. The summed E-state index contributed by atoms with van der Waals surface area (Å²) in [6.45, 7) is 4.45. The van der Waals surface area contributed by atoms with E-state index in [1.807, 2.05) is 80.6 Å². The van der Waals surface area contributed by atoms with Gasteiger partial charge in [-0.05, 0) is 66.8 Å². The number of carbonyl (C=O) groups is 2. The van der Waals surface area contributed by atoms with Gasteiger partial charge in [-0.15, -0.1) is 0 Å². The fraction of sp³-hybridized carbons (Fsp3) is 0.103. The standard InChI is InChI=1S/C29H26N2O3/c1-3-34-27-17-16-22(24-14-7-8-15-25(24)27)19-26(31-28(32)21-11-5-4-6-12-21)29(33)30-23-13-9-10-20(2)18-23/h4-19H,3H2,1-2H3,(H,30,33)(H,31,32)/b26-19+. The minimum absolute atomic E-state index is 0.143. The summed E-state index contributed by atoms with van der Waals surface area (Å²) in [6, 6.07) is 27.9. The van der Waals surface area contributed by atoms with Crippen molar-refractivity contribution in [3.05, 3.63) is 113 Å². The maximum Gasteiger partial charge on any atom is 0.272 e. The molecule has 0 saturated carbocycles. The number of amides is 2. The van der Waals surface area contributed by atoms with E-state index >= 15 is 0 Å². The molecule has 2 amide bonds. The smallest absolute Gasteiger partial charge is 0.272 e. The summed E-state index contributed by atoms with van der Waals surface area (Å²) >= 11 is 0. The summed E-state index contributed by atoms with van der Waals surface area (Å²) in [7, 11) is 0. The second-order valence-corrected chi connectivity index (χ2v) is 7.83. The molecule has 0 unspecified atom stereocenters. The maximum atomic E-state index is 13.3. The molecule has 0 radical (unpaired) electrons. The third-order valence-electron chi connectivity index (χ3n) is 5.32. The van der Waals surface area contributed by atoms with Gasteiger partial charge in [-0.1, -0.05) is 60.7 Å². The first kappa shape index (κ1) is 22.8. The number of hydrogen-bond donors (Lipinski definition) is 2. The highest BCUT2D eigenvalue weighted by molar-refractivity contribution is 6.11. The number of benzene rings is 4. The molecule has 0 aromatic heterocycles. The van der Waals surface area contributed by atoms with Gasteiger partial charge in [0.1, 0.15) is 11.4 Å². The van der Waals surface area contributed by atoms with Crippen LogP contribution in [0, 0.1) is 6.92 Å². The normalized spacial score (nSPS) is 11.2. The Morgan fingerprint density at radius 1 is 0.853 bits per heavy atom. The Morgan fingerprint density at radius 3 is 2.32 bits per heavy atom. The van der Waals surface area contributed by atoms with E-state index in [9.17, 15) is 9.59 Å². The summed E-state index contributed by atoms with van der Waals surface area (Å²) in [5, 5.41) is 7.55. The molecular formula is C29H26N2O3. The van der Waals surface area contributed by atoms with Gasteiger partial charge in [0.05, 0.1) is 6.61 Å². The molecule has 0 aliphatic rings. The summed E-state index contributed by atoms with van der Waals surface area (Å²) in [5.74, 6) is 0.00339. The van der Waals surface area contributed by atoms with Crippen LogP contribution in [0.3, 0.4) is 0 Å². The maximum absolute atomic E-state index is 13.3. The van der Waals surface area contributed by atoms with Crippen molar-refractivity contribution >= 4 is 34.4 Å². The van der Waals surface area contributed by atoms with Gasteiger partial charge in [-0.2, -0.15) is 0 Å². The second-order valence-electron chi connectivity index (χ2n) is 7.83. The van der Waals surface area contributed by atoms with Crippen LogP contribution >= 0.6 is 0 Å². The molecule has 5 heteroatoms. The summed E-state index contributed by atoms with van der Waals surface area (Å²) < 4.78 is 5.77. The molecule has 4 aromatic rings. The number of nitrogens with one attached hydrogen (secondary N) is 2. The Morgan fingerprint density at radius 2 is 1.59 bits per heavy atom. The van der Waals surface area contributed by atoms with E-state index in [1.54, 1.807) is 30.3 Å². The van der Waals surface area contributed by atoms with Crippen molar-refractivity contribution in [1.82, 2.24) is 5.32 Å². The fourth-order valence-electron chi connectivity index (χ4n) is 3.72. The lowest BCUT2D eigenvalue weighted by Crippen LogP contribution is -2.30. The monoisotopic (exact) mass is 450 g/mol. The van der Waals surface area contributed by atoms with Gasteiger partial charge < -0.3 is 15.4 Å². The van der Waals surface area contributed by atoms with Gasteiger partial charge in [0.2, 0.25) is 0 Å². The molecule has 5 nitrogen and oxygen atoms in total. The van der Waals surface area contributed by atoms with E-state index in [0.717, 1.165) is 27.6 Å². The van der Waals surface area contributed by atoms with Crippen LogP contribution in [0.25, 0.3) is 16.8 Å². The summed E-state index contributed by atoms with van der Waals surface area (Å²) in [6.07, 6.45) is 1.70. The third-order valence-corrected chi connectivity index (χ3v) is 5.32. The van der Waals surface area contributed by atoms with Gasteiger partial charge in [0, 0.05) is 16.6 Å². The van der Waals surface area contributed by atoms with Crippen LogP contribution in [0.15, 0.2) is 96.7 Å². The zero-order valence-corrected chi connectivity index (χ0v) is 19.2. The number of ether oxygens (including phenoxy) is 1. The third kappa shape index (κ3) is 5.33. The lowest BCUT2D eigenvalue weighted by atomic mass is 10.0. The SMILES string of the molecule is CCOc1ccc(/C=C(/NC(=O)c2ccccc2)C(=O)Nc2cccc(C)c2)c2ccccc12. The Balaban J connectivity index is 1.75. The van der Waals surface area contributed by atoms with Crippen molar-refractivity contribution in [3.8, 4) is 5.75 Å². The molecule has 2 N–H and O–H groups in total. The largest absolute Gasteiger partial charge is 0.493 e. The molecule has 0 aliphatic carbocycles. The van der Waals surface area contributed by atoms with E-state index in [-0.39, 0.29) is 11.6 Å². The van der Waals surface area contributed by atoms with Crippen molar-refractivity contribution < 1.29 is 14.3 Å². The van der Waals surface area contributed by atoms with Crippen LogP contribution in [0.2, 0.25) is 0 Å². The number of fused-ring (bicyclic) bond motifs is 1. The first-order chi connectivity index (χ1) is 16.5. The Kier molecular flexibility index (Phi) is 7.04. The predicted molar refractivity (Wildman–Crippen MR) is 137 cm³/mol. The zero-order valence-electron chi connectivity index (χ0n) is 19.2. The predicted octanol–water partition coefficient (Wildman–Crippen LogP) is 5.96. The molecule has 4 aromatic carbocycles. The number of carbonyl (C=O) groups excluding carboxylic acids is 2. The van der Waals surface area contributed by atoms with Crippen LogP contribution in [-0.4, -0.2) is 18.4 Å². The summed E-state index contributed by atoms with van der Waals surface area (Å²) in [4.78, 5) is 26.2. The highest BCUT2D eigenvalue weighted by Gasteiger charge is 2.16. The molecule has 0 heterocycles. The second kappa shape index (κ2) is 10.5. The Labute approximate surface area is 199 Å². The van der Waals surface area contributed by atoms with Gasteiger partial charge in [-0.25, -0.2) is 0 Å². The van der Waals surface area contributed by atoms with E-state index in [1.165, 1.54) is 0 Å². The average molecular weight is 451 g/mol. The molecule has 0 spiro atoms. The molecular weight excluding hydrogens is 424 g/mol. The van der Waals surface area contributed by atoms with Crippen molar-refractivity contribution in [2.75, 3.05) is 11.9 Å². The van der Waals surface area contributed by atoms with Crippen LogP contribution in [0.5, 0.6) is 5.75 Å². The lowest BCUT2D eigenvalue weighted by Gasteiger charge is -2.13. The minimum atomic E-state index is -0.409. The van der Waals surface area contributed by atoms with Crippen molar-refractivity contribution in [2.45, 2.75) is 13.8 Å². The average Bonchev–Trinajstić information content (AvgIpc) is 2.85. The van der Waals surface area contributed by atoms with Crippen LogP contribution < -0.4 is 15.4 Å². The lowest BCUT2D eigenvalue weighted by molar-refractivity contribution is -0.113. The number of hydrogen-bond acceptors (Lipinski definition) is 3. The fourth-order valence-corrected chi connectivity index (χ4v) is 3.72. The van der Waals surface area contributed by atoms with Gasteiger partial charge in [0.25, 0.3) is 11.8 Å². The Bertz CT molecular complexity index is 1360. The number of rotatable bonds is 7. The van der Waals surface area contributed by atoms with E-state index < -0.39 is 5.91 Å². The highest BCUT2D eigenvalue weighted by atomic mass is 16.5. The topological polar surface area (TPSA) is 67.4 Å². The van der Waals surface area contributed by atoms with E-state index in [2.05, 4.69) is 10.6 Å². The molecule has 34 heavy (non-hydrogen) atoms. The minimum Gasteiger partial charge on any atom is -0.493 e. The molecule has 0 atom stereocenters. The molecule has 0 bridgehead atoms. The van der Waals surface area contributed by atoms with Gasteiger partial charge in [-0.3, -0.25) is 9.59 Å². The van der Waals surface area contributed by atoms with Crippen LogP contribution in [0.4, 0.5) is 5.69 Å².